The molecule has 21 heavy (non-hydrogen) atoms. The van der Waals surface area contributed by atoms with Crippen molar-refractivity contribution >= 4 is 5.91 Å². The summed E-state index contributed by atoms with van der Waals surface area (Å²) in [4.78, 5) is 17.0. The molecule has 0 aromatic rings. The molecule has 4 heteroatoms. The highest BCUT2D eigenvalue weighted by atomic mass is 16.5. The molecule has 3 rings (SSSR count). The lowest BCUT2D eigenvalue weighted by Crippen LogP contribution is -2.39. The highest BCUT2D eigenvalue weighted by molar-refractivity contribution is 5.76. The Morgan fingerprint density at radius 3 is 2.43 bits per heavy atom. The SMILES string of the molecule is O=C(C[C@@H]1CCOC1)N1CCC(CCN2CCCC2)CC1. The van der Waals surface area contributed by atoms with Gasteiger partial charge in [0, 0.05) is 32.7 Å². The second-order valence-corrected chi connectivity index (χ2v) is 7.10. The van der Waals surface area contributed by atoms with Crippen molar-refractivity contribution in [2.24, 2.45) is 11.8 Å². The number of hydrogen-bond acceptors (Lipinski definition) is 3. The van der Waals surface area contributed by atoms with Gasteiger partial charge in [-0.05, 0) is 70.0 Å². The Kier molecular flexibility index (Phi) is 5.53. The van der Waals surface area contributed by atoms with E-state index in [-0.39, 0.29) is 0 Å². The van der Waals surface area contributed by atoms with Crippen molar-refractivity contribution in [2.45, 2.75) is 44.9 Å². The largest absolute Gasteiger partial charge is 0.381 e. The van der Waals surface area contributed by atoms with E-state index in [1.165, 1.54) is 51.7 Å². The normalized spacial score (nSPS) is 28.4. The maximum Gasteiger partial charge on any atom is 0.222 e. The Bertz CT molecular complexity index is 328. The van der Waals surface area contributed by atoms with Crippen molar-refractivity contribution in [2.75, 3.05) is 45.9 Å². The molecular weight excluding hydrogens is 264 g/mol. The molecule has 0 spiro atoms. The van der Waals surface area contributed by atoms with Crippen molar-refractivity contribution in [3.05, 3.63) is 0 Å². The number of carbonyl (C=O) groups excluding carboxylic acids is 1. The smallest absolute Gasteiger partial charge is 0.222 e. The Hall–Kier alpha value is -0.610. The molecule has 3 aliphatic heterocycles. The molecule has 0 aliphatic carbocycles. The minimum Gasteiger partial charge on any atom is -0.381 e. The van der Waals surface area contributed by atoms with Gasteiger partial charge in [0.2, 0.25) is 5.91 Å². The molecule has 3 fully saturated rings. The summed E-state index contributed by atoms with van der Waals surface area (Å²) >= 11 is 0. The maximum atomic E-state index is 12.3. The molecule has 120 valence electrons. The van der Waals surface area contributed by atoms with Crippen LogP contribution >= 0.6 is 0 Å². The van der Waals surface area contributed by atoms with Gasteiger partial charge < -0.3 is 14.5 Å². The Labute approximate surface area is 128 Å². The minimum atomic E-state index is 0.364. The van der Waals surface area contributed by atoms with E-state index in [1.54, 1.807) is 0 Å². The molecule has 0 saturated carbocycles. The Balaban J connectivity index is 1.33. The van der Waals surface area contributed by atoms with Gasteiger partial charge in [-0.1, -0.05) is 0 Å². The summed E-state index contributed by atoms with van der Waals surface area (Å²) in [6.45, 7) is 7.49. The lowest BCUT2D eigenvalue weighted by molar-refractivity contribution is -0.133. The fourth-order valence-electron chi connectivity index (χ4n) is 3.96. The number of carbonyl (C=O) groups is 1. The third-order valence-electron chi connectivity index (χ3n) is 5.51. The van der Waals surface area contributed by atoms with Gasteiger partial charge >= 0.3 is 0 Å². The second-order valence-electron chi connectivity index (χ2n) is 7.10. The Morgan fingerprint density at radius 1 is 1.00 bits per heavy atom. The first-order valence-electron chi connectivity index (χ1n) is 8.89. The standard InChI is InChI=1S/C17H30N2O2/c20-17(13-16-6-12-21-14-16)19-10-4-15(5-11-19)3-9-18-7-1-2-8-18/h15-16H,1-14H2/t16-/m0/s1. The van der Waals surface area contributed by atoms with E-state index in [9.17, 15) is 4.79 Å². The highest BCUT2D eigenvalue weighted by Crippen LogP contribution is 2.24. The molecule has 3 aliphatic rings. The average molecular weight is 294 g/mol. The van der Waals surface area contributed by atoms with Crippen LogP contribution < -0.4 is 0 Å². The van der Waals surface area contributed by atoms with E-state index in [1.807, 2.05) is 0 Å². The summed E-state index contributed by atoms with van der Waals surface area (Å²) in [5, 5.41) is 0. The van der Waals surface area contributed by atoms with Crippen molar-refractivity contribution < 1.29 is 9.53 Å². The number of nitrogens with zero attached hydrogens (tertiary/aromatic N) is 2. The number of piperidine rings is 1. The summed E-state index contributed by atoms with van der Waals surface area (Å²) in [7, 11) is 0. The Morgan fingerprint density at radius 2 is 1.76 bits per heavy atom. The van der Waals surface area contributed by atoms with Crippen LogP contribution in [-0.2, 0) is 9.53 Å². The van der Waals surface area contributed by atoms with E-state index in [0.717, 1.165) is 38.6 Å². The van der Waals surface area contributed by atoms with Crippen molar-refractivity contribution in [3.63, 3.8) is 0 Å². The van der Waals surface area contributed by atoms with Crippen LogP contribution in [0.1, 0.15) is 44.9 Å². The summed E-state index contributed by atoms with van der Waals surface area (Å²) in [5.74, 6) is 1.68. The topological polar surface area (TPSA) is 32.8 Å². The number of rotatable bonds is 5. The molecule has 1 atom stereocenters. The molecule has 3 heterocycles. The third-order valence-corrected chi connectivity index (χ3v) is 5.51. The summed E-state index contributed by atoms with van der Waals surface area (Å²) in [6.07, 6.45) is 8.30. The molecular formula is C17H30N2O2. The molecule has 0 aromatic heterocycles. The van der Waals surface area contributed by atoms with Gasteiger partial charge in [-0.25, -0.2) is 0 Å². The molecule has 4 nitrogen and oxygen atoms in total. The molecule has 0 unspecified atom stereocenters. The fourth-order valence-corrected chi connectivity index (χ4v) is 3.96. The van der Waals surface area contributed by atoms with Crippen LogP contribution in [0.25, 0.3) is 0 Å². The van der Waals surface area contributed by atoms with E-state index >= 15 is 0 Å². The average Bonchev–Trinajstić information content (AvgIpc) is 3.19. The zero-order chi connectivity index (χ0) is 14.5. The van der Waals surface area contributed by atoms with Crippen LogP contribution in [-0.4, -0.2) is 61.6 Å². The van der Waals surface area contributed by atoms with Crippen LogP contribution in [0.4, 0.5) is 0 Å². The quantitative estimate of drug-likeness (QED) is 0.779. The minimum absolute atomic E-state index is 0.364. The van der Waals surface area contributed by atoms with E-state index in [0.29, 0.717) is 18.2 Å². The highest BCUT2D eigenvalue weighted by Gasteiger charge is 2.26. The van der Waals surface area contributed by atoms with Gasteiger partial charge in [0.15, 0.2) is 0 Å². The lowest BCUT2D eigenvalue weighted by Gasteiger charge is -2.33. The van der Waals surface area contributed by atoms with Crippen LogP contribution in [0.3, 0.4) is 0 Å². The molecule has 0 radical (unpaired) electrons. The van der Waals surface area contributed by atoms with Crippen molar-refractivity contribution in [1.29, 1.82) is 0 Å². The first-order valence-corrected chi connectivity index (χ1v) is 8.89. The number of ether oxygens (including phenoxy) is 1. The first-order chi connectivity index (χ1) is 10.3. The number of amides is 1. The third kappa shape index (κ3) is 4.43. The van der Waals surface area contributed by atoms with Crippen molar-refractivity contribution in [1.82, 2.24) is 9.80 Å². The van der Waals surface area contributed by atoms with Crippen LogP contribution in [0.5, 0.6) is 0 Å². The maximum absolute atomic E-state index is 12.3. The van der Waals surface area contributed by atoms with E-state index < -0.39 is 0 Å². The van der Waals surface area contributed by atoms with E-state index in [4.69, 9.17) is 4.74 Å². The molecule has 0 bridgehead atoms. The van der Waals surface area contributed by atoms with Crippen LogP contribution in [0.2, 0.25) is 0 Å². The fraction of sp³-hybridized carbons (Fsp3) is 0.941. The molecule has 0 aromatic carbocycles. The summed E-state index contributed by atoms with van der Waals surface area (Å²) in [5.41, 5.74) is 0. The van der Waals surface area contributed by atoms with Gasteiger partial charge in [0.25, 0.3) is 0 Å². The summed E-state index contributed by atoms with van der Waals surface area (Å²) < 4.78 is 5.37. The van der Waals surface area contributed by atoms with Gasteiger partial charge in [0.1, 0.15) is 0 Å². The van der Waals surface area contributed by atoms with E-state index in [2.05, 4.69) is 9.80 Å². The lowest BCUT2D eigenvalue weighted by atomic mass is 9.92. The van der Waals surface area contributed by atoms with Gasteiger partial charge in [0.05, 0.1) is 0 Å². The van der Waals surface area contributed by atoms with Crippen LogP contribution in [0, 0.1) is 11.8 Å². The second kappa shape index (κ2) is 7.59. The zero-order valence-electron chi connectivity index (χ0n) is 13.3. The molecule has 0 N–H and O–H groups in total. The van der Waals surface area contributed by atoms with Gasteiger partial charge in [-0.2, -0.15) is 0 Å². The van der Waals surface area contributed by atoms with Crippen molar-refractivity contribution in [3.8, 4) is 0 Å². The predicted molar refractivity (Wildman–Crippen MR) is 83.1 cm³/mol. The molecule has 3 saturated heterocycles. The first kappa shape index (κ1) is 15.3. The molecule has 1 amide bonds. The van der Waals surface area contributed by atoms with Gasteiger partial charge in [-0.15, -0.1) is 0 Å². The zero-order valence-corrected chi connectivity index (χ0v) is 13.3. The predicted octanol–water partition coefficient (Wildman–Crippen LogP) is 2.14. The number of likely N-dealkylation sites (tertiary alicyclic amines) is 2. The monoisotopic (exact) mass is 294 g/mol. The van der Waals surface area contributed by atoms with Crippen LogP contribution in [0.15, 0.2) is 0 Å². The number of hydrogen-bond donors (Lipinski definition) is 0. The van der Waals surface area contributed by atoms with Gasteiger partial charge in [-0.3, -0.25) is 4.79 Å². The summed E-state index contributed by atoms with van der Waals surface area (Å²) in [6, 6.07) is 0.